The first-order valence-corrected chi connectivity index (χ1v) is 8.95. The van der Waals surface area contributed by atoms with Gasteiger partial charge in [0.25, 0.3) is 5.69 Å². The van der Waals surface area contributed by atoms with Crippen molar-refractivity contribution in [2.75, 3.05) is 4.90 Å². The van der Waals surface area contributed by atoms with Crippen LogP contribution in [0.25, 0.3) is 11.1 Å². The summed E-state index contributed by atoms with van der Waals surface area (Å²) in [5, 5.41) is 10.8. The molecular formula is C21H16N2O4. The van der Waals surface area contributed by atoms with E-state index in [1.54, 1.807) is 24.3 Å². The quantitative estimate of drug-likeness (QED) is 0.363. The van der Waals surface area contributed by atoms with Gasteiger partial charge >= 0.3 is 0 Å². The number of amides is 2. The summed E-state index contributed by atoms with van der Waals surface area (Å²) in [7, 11) is 0. The minimum Gasteiger partial charge on any atom is -0.274 e. The van der Waals surface area contributed by atoms with Gasteiger partial charge in [-0.15, -0.1) is 0 Å². The van der Waals surface area contributed by atoms with Crippen LogP contribution in [-0.2, 0) is 9.59 Å². The number of fused-ring (bicyclic) bond motifs is 5. The zero-order valence-corrected chi connectivity index (χ0v) is 14.3. The number of carbonyl (C=O) groups excluding carboxylic acids is 2. The summed E-state index contributed by atoms with van der Waals surface area (Å²) >= 11 is 0. The molecule has 0 unspecified atom stereocenters. The Morgan fingerprint density at radius 1 is 0.815 bits per heavy atom. The standard InChI is InChI=1S/C21H16N2O4/c24-20-18-14-1-2-15(11-14)19(18)21(25)22(20)16-7-3-12(4-8-16)13-5-9-17(10-6-13)23(26)27/h1-10,14-15,18-19H,11H2/t14-,15-,18-,19-/m0/s1. The summed E-state index contributed by atoms with van der Waals surface area (Å²) in [5.74, 6) is -0.208. The van der Waals surface area contributed by atoms with Crippen molar-refractivity contribution in [3.8, 4) is 11.1 Å². The third-order valence-corrected chi connectivity index (χ3v) is 6.01. The Morgan fingerprint density at radius 2 is 1.30 bits per heavy atom. The van der Waals surface area contributed by atoms with Crippen molar-refractivity contribution in [3.05, 3.63) is 70.8 Å². The molecule has 1 aliphatic heterocycles. The van der Waals surface area contributed by atoms with Crippen LogP contribution in [0.2, 0.25) is 0 Å². The van der Waals surface area contributed by atoms with Gasteiger partial charge in [-0.2, -0.15) is 0 Å². The van der Waals surface area contributed by atoms with Gasteiger partial charge in [-0.3, -0.25) is 24.6 Å². The third-order valence-electron chi connectivity index (χ3n) is 6.01. The number of allylic oxidation sites excluding steroid dienone is 2. The van der Waals surface area contributed by atoms with E-state index in [1.165, 1.54) is 17.0 Å². The van der Waals surface area contributed by atoms with Gasteiger partial charge in [0.15, 0.2) is 0 Å². The molecule has 2 aromatic carbocycles. The Labute approximate surface area is 155 Å². The second kappa shape index (κ2) is 5.61. The number of benzene rings is 2. The van der Waals surface area contributed by atoms with Crippen molar-refractivity contribution < 1.29 is 14.5 Å². The fourth-order valence-corrected chi connectivity index (χ4v) is 4.74. The van der Waals surface area contributed by atoms with E-state index < -0.39 is 4.92 Å². The molecule has 5 rings (SSSR count). The molecule has 3 aliphatic rings. The second-order valence-corrected chi connectivity index (χ2v) is 7.36. The van der Waals surface area contributed by atoms with Crippen LogP contribution in [0.3, 0.4) is 0 Å². The van der Waals surface area contributed by atoms with Crippen LogP contribution in [-0.4, -0.2) is 16.7 Å². The van der Waals surface area contributed by atoms with E-state index in [2.05, 4.69) is 12.2 Å². The van der Waals surface area contributed by atoms with Gasteiger partial charge in [-0.05, 0) is 53.6 Å². The van der Waals surface area contributed by atoms with Crippen molar-refractivity contribution in [1.82, 2.24) is 0 Å². The molecule has 27 heavy (non-hydrogen) atoms. The maximum atomic E-state index is 12.9. The maximum absolute atomic E-state index is 12.9. The zero-order valence-electron chi connectivity index (χ0n) is 14.3. The van der Waals surface area contributed by atoms with E-state index in [4.69, 9.17) is 0 Å². The van der Waals surface area contributed by atoms with Crippen LogP contribution in [0.15, 0.2) is 60.7 Å². The predicted molar refractivity (Wildman–Crippen MR) is 98.7 cm³/mol. The SMILES string of the molecule is O=C1[C@@H]2[C@@H](C(=O)N1c1ccc(-c3ccc([N+](=O)[O-])cc3)cc1)[C@H]1C=C[C@H]2C1. The first kappa shape index (κ1) is 15.9. The molecule has 0 N–H and O–H groups in total. The third kappa shape index (κ3) is 2.26. The first-order valence-electron chi connectivity index (χ1n) is 8.95. The number of rotatable bonds is 3. The molecule has 134 valence electrons. The Hall–Kier alpha value is -3.28. The molecular weight excluding hydrogens is 344 g/mol. The Bertz CT molecular complexity index is 964. The Morgan fingerprint density at radius 3 is 1.78 bits per heavy atom. The highest BCUT2D eigenvalue weighted by molar-refractivity contribution is 6.22. The molecule has 2 aromatic rings. The largest absolute Gasteiger partial charge is 0.274 e. The van der Waals surface area contributed by atoms with Gasteiger partial charge in [0, 0.05) is 12.1 Å². The van der Waals surface area contributed by atoms with Crippen molar-refractivity contribution in [2.45, 2.75) is 6.42 Å². The molecule has 2 amide bonds. The number of imide groups is 1. The van der Waals surface area contributed by atoms with E-state index >= 15 is 0 Å². The number of nitro benzene ring substituents is 1. The molecule has 1 saturated carbocycles. The molecule has 2 fully saturated rings. The minimum atomic E-state index is -0.434. The van der Waals surface area contributed by atoms with Crippen LogP contribution in [0.1, 0.15) is 6.42 Å². The molecule has 0 radical (unpaired) electrons. The number of nitrogens with zero attached hydrogens (tertiary/aromatic N) is 2. The van der Waals surface area contributed by atoms with E-state index in [0.29, 0.717) is 5.69 Å². The van der Waals surface area contributed by atoms with Gasteiger partial charge in [0.05, 0.1) is 22.4 Å². The minimum absolute atomic E-state index is 0.0402. The highest BCUT2D eigenvalue weighted by Crippen LogP contribution is 2.53. The average Bonchev–Trinajstić information content (AvgIpc) is 3.36. The summed E-state index contributed by atoms with van der Waals surface area (Å²) in [6.45, 7) is 0. The van der Waals surface area contributed by atoms with Crippen LogP contribution in [0.5, 0.6) is 0 Å². The molecule has 0 spiro atoms. The number of non-ortho nitro benzene ring substituents is 1. The summed E-state index contributed by atoms with van der Waals surface area (Å²) < 4.78 is 0. The molecule has 1 saturated heterocycles. The topological polar surface area (TPSA) is 80.5 Å². The highest BCUT2D eigenvalue weighted by Gasteiger charge is 2.59. The van der Waals surface area contributed by atoms with Crippen molar-refractivity contribution >= 4 is 23.2 Å². The maximum Gasteiger partial charge on any atom is 0.269 e. The van der Waals surface area contributed by atoms with E-state index in [-0.39, 0.29) is 41.2 Å². The lowest BCUT2D eigenvalue weighted by atomic mass is 9.85. The fourth-order valence-electron chi connectivity index (χ4n) is 4.74. The fraction of sp³-hybridized carbons (Fsp3) is 0.238. The normalized spacial score (nSPS) is 28.1. The molecule has 0 aromatic heterocycles. The smallest absolute Gasteiger partial charge is 0.269 e. The molecule has 1 heterocycles. The lowest BCUT2D eigenvalue weighted by Gasteiger charge is -2.17. The Balaban J connectivity index is 1.42. The van der Waals surface area contributed by atoms with Crippen LogP contribution >= 0.6 is 0 Å². The summed E-state index contributed by atoms with van der Waals surface area (Å²) in [6.07, 6.45) is 5.08. The average molecular weight is 360 g/mol. The number of hydrogen-bond acceptors (Lipinski definition) is 4. The summed E-state index contributed by atoms with van der Waals surface area (Å²) in [5.41, 5.74) is 2.34. The van der Waals surface area contributed by atoms with E-state index in [9.17, 15) is 19.7 Å². The van der Waals surface area contributed by atoms with Gasteiger partial charge < -0.3 is 0 Å². The summed E-state index contributed by atoms with van der Waals surface area (Å²) in [6, 6.07) is 13.5. The number of hydrogen-bond donors (Lipinski definition) is 0. The lowest BCUT2D eigenvalue weighted by molar-refractivity contribution is -0.384. The van der Waals surface area contributed by atoms with Crippen molar-refractivity contribution in [3.63, 3.8) is 0 Å². The summed E-state index contributed by atoms with van der Waals surface area (Å²) in [4.78, 5) is 37.4. The number of carbonyl (C=O) groups is 2. The number of anilines is 1. The molecule has 4 atom stereocenters. The molecule has 6 heteroatoms. The molecule has 6 nitrogen and oxygen atoms in total. The Kier molecular flexibility index (Phi) is 3.31. The molecule has 2 bridgehead atoms. The van der Waals surface area contributed by atoms with Crippen LogP contribution < -0.4 is 4.90 Å². The van der Waals surface area contributed by atoms with Crippen LogP contribution in [0, 0.1) is 33.8 Å². The van der Waals surface area contributed by atoms with Gasteiger partial charge in [-0.1, -0.05) is 24.3 Å². The lowest BCUT2D eigenvalue weighted by Crippen LogP contribution is -2.32. The number of nitro groups is 1. The molecule has 2 aliphatic carbocycles. The van der Waals surface area contributed by atoms with Crippen LogP contribution in [0.4, 0.5) is 11.4 Å². The van der Waals surface area contributed by atoms with E-state index in [0.717, 1.165) is 17.5 Å². The van der Waals surface area contributed by atoms with Crippen molar-refractivity contribution in [1.29, 1.82) is 0 Å². The zero-order chi connectivity index (χ0) is 18.7. The van der Waals surface area contributed by atoms with Gasteiger partial charge in [-0.25, -0.2) is 0 Å². The highest BCUT2D eigenvalue weighted by atomic mass is 16.6. The van der Waals surface area contributed by atoms with Crippen molar-refractivity contribution in [2.24, 2.45) is 23.7 Å². The predicted octanol–water partition coefficient (Wildman–Crippen LogP) is 3.57. The second-order valence-electron chi connectivity index (χ2n) is 7.36. The van der Waals surface area contributed by atoms with E-state index in [1.807, 2.05) is 12.1 Å². The van der Waals surface area contributed by atoms with Gasteiger partial charge in [0.2, 0.25) is 11.8 Å². The monoisotopic (exact) mass is 360 g/mol. The first-order chi connectivity index (χ1) is 13.0. The van der Waals surface area contributed by atoms with Gasteiger partial charge in [0.1, 0.15) is 0 Å².